The Hall–Kier alpha value is -1.38. The van der Waals surface area contributed by atoms with E-state index in [9.17, 15) is 13.2 Å². The molecule has 0 aliphatic heterocycles. The monoisotopic (exact) mass is 277 g/mol. The Morgan fingerprint density at radius 3 is 2.61 bits per heavy atom. The molecule has 1 N–H and O–H groups in total. The van der Waals surface area contributed by atoms with Crippen molar-refractivity contribution >= 4 is 16.0 Å². The zero-order valence-corrected chi connectivity index (χ0v) is 11.2. The first-order valence-corrected chi connectivity index (χ1v) is 6.53. The molecule has 0 amide bonds. The molecule has 0 fully saturated rings. The van der Waals surface area contributed by atoms with Crippen LogP contribution < -0.4 is 0 Å². The molecule has 0 unspecified atom stereocenters. The number of likely N-dealkylation sites (N-methyl/N-ethyl adjacent to an activating group) is 1. The number of sulfonamides is 1. The molecule has 0 saturated heterocycles. The second-order valence-corrected chi connectivity index (χ2v) is 5.67. The number of furan rings is 1. The second-order valence-electron chi connectivity index (χ2n) is 3.66. The summed E-state index contributed by atoms with van der Waals surface area (Å²) in [6, 6.07) is 1.01. The van der Waals surface area contributed by atoms with Crippen LogP contribution in [0.4, 0.5) is 0 Å². The third-order valence-corrected chi connectivity index (χ3v) is 4.35. The molecule has 8 heteroatoms. The Bertz CT molecular complexity index is 533. The van der Waals surface area contributed by atoms with Crippen LogP contribution in [0.3, 0.4) is 0 Å². The van der Waals surface area contributed by atoms with Crippen molar-refractivity contribution in [2.24, 2.45) is 0 Å². The van der Waals surface area contributed by atoms with Crippen LogP contribution >= 0.6 is 0 Å². The fourth-order valence-electron chi connectivity index (χ4n) is 1.33. The van der Waals surface area contributed by atoms with Crippen molar-refractivity contribution in [3.63, 3.8) is 0 Å². The topological polar surface area (TPSA) is 97.0 Å². The predicted molar refractivity (Wildman–Crippen MR) is 62.1 cm³/mol. The summed E-state index contributed by atoms with van der Waals surface area (Å²) in [4.78, 5) is 10.6. The van der Waals surface area contributed by atoms with Crippen LogP contribution in [0.5, 0.6) is 0 Å². The molecule has 18 heavy (non-hydrogen) atoms. The number of aromatic carboxylic acids is 1. The van der Waals surface area contributed by atoms with E-state index in [1.165, 1.54) is 21.1 Å². The molecule has 0 aliphatic carbocycles. The summed E-state index contributed by atoms with van der Waals surface area (Å²) in [5, 5.41) is 8.75. The first-order valence-electron chi connectivity index (χ1n) is 5.09. The van der Waals surface area contributed by atoms with E-state index in [0.29, 0.717) is 0 Å². The van der Waals surface area contributed by atoms with Gasteiger partial charge < -0.3 is 14.3 Å². The van der Waals surface area contributed by atoms with Gasteiger partial charge in [0.05, 0.1) is 6.61 Å². The Kier molecular flexibility index (Phi) is 4.49. The standard InChI is InChI=1S/C10H15NO6S/c1-7-9(6-8(17-7)10(12)13)18(14,15)11(2)4-5-16-3/h6H,4-5H2,1-3H3,(H,12,13). The summed E-state index contributed by atoms with van der Waals surface area (Å²) in [5.41, 5.74) is 0. The summed E-state index contributed by atoms with van der Waals surface area (Å²) in [6.45, 7) is 1.83. The minimum atomic E-state index is -3.76. The maximum Gasteiger partial charge on any atom is 0.371 e. The molecule has 0 atom stereocenters. The van der Waals surface area contributed by atoms with Gasteiger partial charge in [0, 0.05) is 26.8 Å². The van der Waals surface area contributed by atoms with Crippen LogP contribution in [0.15, 0.2) is 15.4 Å². The van der Waals surface area contributed by atoms with Gasteiger partial charge in [-0.25, -0.2) is 13.2 Å². The van der Waals surface area contributed by atoms with Crippen molar-refractivity contribution in [3.8, 4) is 0 Å². The Morgan fingerprint density at radius 2 is 2.17 bits per heavy atom. The average Bonchev–Trinajstić information content (AvgIpc) is 2.68. The average molecular weight is 277 g/mol. The molecule has 1 rings (SSSR count). The quantitative estimate of drug-likeness (QED) is 0.815. The number of rotatable bonds is 6. The maximum absolute atomic E-state index is 12.1. The Balaban J connectivity index is 3.08. The zero-order chi connectivity index (χ0) is 13.9. The molecular weight excluding hydrogens is 262 g/mol. The summed E-state index contributed by atoms with van der Waals surface area (Å²) in [6.07, 6.45) is 0. The van der Waals surface area contributed by atoms with Crippen molar-refractivity contribution < 1.29 is 27.5 Å². The van der Waals surface area contributed by atoms with Crippen LogP contribution in [0, 0.1) is 6.92 Å². The smallest absolute Gasteiger partial charge is 0.371 e. The van der Waals surface area contributed by atoms with Gasteiger partial charge in [0.15, 0.2) is 0 Å². The Labute approximate surface area is 105 Å². The highest BCUT2D eigenvalue weighted by molar-refractivity contribution is 7.89. The van der Waals surface area contributed by atoms with Crippen molar-refractivity contribution in [2.45, 2.75) is 11.8 Å². The molecule has 0 saturated carbocycles. The number of hydrogen-bond donors (Lipinski definition) is 1. The van der Waals surface area contributed by atoms with Crippen molar-refractivity contribution in [1.82, 2.24) is 4.31 Å². The van der Waals surface area contributed by atoms with Gasteiger partial charge in [-0.3, -0.25) is 0 Å². The number of nitrogens with zero attached hydrogens (tertiary/aromatic N) is 1. The van der Waals surface area contributed by atoms with Gasteiger partial charge in [0.25, 0.3) is 0 Å². The molecule has 0 spiro atoms. The van der Waals surface area contributed by atoms with Crippen LogP contribution in [-0.4, -0.2) is 51.1 Å². The molecule has 0 aliphatic rings. The van der Waals surface area contributed by atoms with E-state index in [2.05, 4.69) is 0 Å². The third-order valence-electron chi connectivity index (χ3n) is 2.38. The lowest BCUT2D eigenvalue weighted by molar-refractivity contribution is 0.0661. The highest BCUT2D eigenvalue weighted by atomic mass is 32.2. The van der Waals surface area contributed by atoms with Gasteiger partial charge >= 0.3 is 5.97 Å². The molecule has 1 heterocycles. The van der Waals surface area contributed by atoms with Crippen molar-refractivity contribution in [3.05, 3.63) is 17.6 Å². The van der Waals surface area contributed by atoms with E-state index in [0.717, 1.165) is 10.4 Å². The SMILES string of the molecule is COCCN(C)S(=O)(=O)c1cc(C(=O)O)oc1C. The van der Waals surface area contributed by atoms with Crippen LogP contribution in [0.25, 0.3) is 0 Å². The van der Waals surface area contributed by atoms with Crippen molar-refractivity contribution in [1.29, 1.82) is 0 Å². The van der Waals surface area contributed by atoms with Gasteiger partial charge in [-0.1, -0.05) is 0 Å². The summed E-state index contributed by atoms with van der Waals surface area (Å²) >= 11 is 0. The molecule has 1 aromatic heterocycles. The first kappa shape index (κ1) is 14.7. The number of aryl methyl sites for hydroxylation is 1. The highest BCUT2D eigenvalue weighted by Gasteiger charge is 2.27. The van der Waals surface area contributed by atoms with E-state index in [4.69, 9.17) is 14.3 Å². The minimum absolute atomic E-state index is 0.0525. The fourth-order valence-corrected chi connectivity index (χ4v) is 2.65. The highest BCUT2D eigenvalue weighted by Crippen LogP contribution is 2.22. The number of hydrogen-bond acceptors (Lipinski definition) is 5. The number of carboxylic acid groups (broad SMARTS) is 1. The van der Waals surface area contributed by atoms with Gasteiger partial charge in [-0.15, -0.1) is 0 Å². The van der Waals surface area contributed by atoms with Crippen LogP contribution in [0.2, 0.25) is 0 Å². The molecule has 0 bridgehead atoms. The fraction of sp³-hybridized carbons (Fsp3) is 0.500. The van der Waals surface area contributed by atoms with E-state index in [1.54, 1.807) is 0 Å². The minimum Gasteiger partial charge on any atom is -0.475 e. The number of methoxy groups -OCH3 is 1. The molecule has 0 aromatic carbocycles. The van der Waals surface area contributed by atoms with Gasteiger partial charge in [-0.05, 0) is 6.92 Å². The maximum atomic E-state index is 12.1. The van der Waals surface area contributed by atoms with E-state index in [-0.39, 0.29) is 23.8 Å². The number of carboxylic acids is 1. The van der Waals surface area contributed by atoms with E-state index >= 15 is 0 Å². The number of carbonyl (C=O) groups is 1. The van der Waals surface area contributed by atoms with Gasteiger partial charge in [0.2, 0.25) is 15.8 Å². The molecule has 0 radical (unpaired) electrons. The normalized spacial score (nSPS) is 12.0. The largest absolute Gasteiger partial charge is 0.475 e. The summed E-state index contributed by atoms with van der Waals surface area (Å²) in [5.74, 6) is -1.65. The van der Waals surface area contributed by atoms with Crippen molar-refractivity contribution in [2.75, 3.05) is 27.3 Å². The molecule has 102 valence electrons. The van der Waals surface area contributed by atoms with Gasteiger partial charge in [0.1, 0.15) is 10.7 Å². The van der Waals surface area contributed by atoms with E-state index in [1.807, 2.05) is 0 Å². The first-order chi connectivity index (χ1) is 8.30. The van der Waals surface area contributed by atoms with E-state index < -0.39 is 21.8 Å². The second kappa shape index (κ2) is 5.51. The predicted octanol–water partition coefficient (Wildman–Crippen LogP) is 0.553. The lowest BCUT2D eigenvalue weighted by atomic mass is 10.4. The van der Waals surface area contributed by atoms with Gasteiger partial charge in [-0.2, -0.15) is 4.31 Å². The molecule has 1 aromatic rings. The summed E-state index contributed by atoms with van der Waals surface area (Å²) < 4.78 is 35.0. The lowest BCUT2D eigenvalue weighted by Crippen LogP contribution is -2.30. The van der Waals surface area contributed by atoms with Crippen LogP contribution in [-0.2, 0) is 14.8 Å². The third kappa shape index (κ3) is 2.89. The molecular formula is C10H15NO6S. The van der Waals surface area contributed by atoms with Crippen LogP contribution in [0.1, 0.15) is 16.3 Å². The Morgan fingerprint density at radius 1 is 1.56 bits per heavy atom. The number of ether oxygens (including phenoxy) is 1. The lowest BCUT2D eigenvalue weighted by Gasteiger charge is -2.15. The molecule has 7 nitrogen and oxygen atoms in total. The zero-order valence-electron chi connectivity index (χ0n) is 10.3. The summed E-state index contributed by atoms with van der Waals surface area (Å²) in [7, 11) is -0.904.